The Morgan fingerprint density at radius 1 is 1.53 bits per heavy atom. The minimum Gasteiger partial charge on any atom is -0.373 e. The fraction of sp³-hybridized carbons (Fsp3) is 0.429. The average molecular weight is 260 g/mol. The van der Waals surface area contributed by atoms with Gasteiger partial charge in [0.05, 0.1) is 5.71 Å². The Morgan fingerprint density at radius 2 is 2.32 bits per heavy atom. The molecule has 0 fully saturated rings. The second kappa shape index (κ2) is 5.73. The van der Waals surface area contributed by atoms with Crippen molar-refractivity contribution in [3.63, 3.8) is 0 Å². The molecule has 0 unspecified atom stereocenters. The summed E-state index contributed by atoms with van der Waals surface area (Å²) >= 11 is 0. The molecule has 0 spiro atoms. The highest BCUT2D eigenvalue weighted by atomic mass is 16.2. The molecule has 1 aliphatic rings. The van der Waals surface area contributed by atoms with Crippen LogP contribution in [0.2, 0.25) is 0 Å². The first-order chi connectivity index (χ1) is 9.13. The maximum Gasteiger partial charge on any atom is 0.332 e. The van der Waals surface area contributed by atoms with Crippen molar-refractivity contribution in [3.05, 3.63) is 29.3 Å². The lowest BCUT2D eigenvalue weighted by molar-refractivity contribution is 0.249. The molecule has 0 aliphatic carbocycles. The van der Waals surface area contributed by atoms with Crippen LogP contribution in [0, 0.1) is 0 Å². The van der Waals surface area contributed by atoms with Crippen LogP contribution in [0.25, 0.3) is 0 Å². The summed E-state index contributed by atoms with van der Waals surface area (Å²) < 4.78 is 0. The average Bonchev–Trinajstić information content (AvgIpc) is 2.38. The maximum absolute atomic E-state index is 10.8. The normalized spacial score (nSPS) is 16.3. The first-order valence-corrected chi connectivity index (χ1v) is 6.59. The Hall–Kier alpha value is -2.04. The van der Waals surface area contributed by atoms with Gasteiger partial charge in [0.1, 0.15) is 0 Å². The minimum absolute atomic E-state index is 0.627. The van der Waals surface area contributed by atoms with Gasteiger partial charge < -0.3 is 10.6 Å². The Kier molecular flexibility index (Phi) is 4.04. The number of anilines is 1. The molecule has 2 amide bonds. The summed E-state index contributed by atoms with van der Waals surface area (Å²) in [6.45, 7) is 3.07. The number of primary amides is 1. The Balaban J connectivity index is 2.42. The molecule has 0 saturated carbocycles. The van der Waals surface area contributed by atoms with E-state index in [1.54, 1.807) is 0 Å². The summed E-state index contributed by atoms with van der Waals surface area (Å²) in [5.41, 5.74) is 11.9. The lowest BCUT2D eigenvalue weighted by atomic mass is 9.94. The molecular weight excluding hydrogens is 240 g/mol. The van der Waals surface area contributed by atoms with Crippen LogP contribution in [0.4, 0.5) is 10.5 Å². The van der Waals surface area contributed by atoms with Crippen molar-refractivity contribution in [1.29, 1.82) is 0 Å². The molecule has 5 nitrogen and oxygen atoms in total. The zero-order chi connectivity index (χ0) is 13.8. The van der Waals surface area contributed by atoms with Crippen LogP contribution in [0.3, 0.4) is 0 Å². The first-order valence-electron chi connectivity index (χ1n) is 6.59. The molecule has 1 aromatic carbocycles. The van der Waals surface area contributed by atoms with Crippen LogP contribution < -0.4 is 16.1 Å². The smallest absolute Gasteiger partial charge is 0.332 e. The van der Waals surface area contributed by atoms with Crippen molar-refractivity contribution in [1.82, 2.24) is 5.43 Å². The summed E-state index contributed by atoms with van der Waals surface area (Å²) in [5.74, 6) is 0. The van der Waals surface area contributed by atoms with E-state index in [2.05, 4.69) is 35.5 Å². The van der Waals surface area contributed by atoms with Gasteiger partial charge >= 0.3 is 6.03 Å². The number of aryl methyl sites for hydroxylation is 1. The molecule has 0 aromatic heterocycles. The van der Waals surface area contributed by atoms with E-state index in [-0.39, 0.29) is 0 Å². The fourth-order valence-corrected chi connectivity index (χ4v) is 2.50. The van der Waals surface area contributed by atoms with Crippen molar-refractivity contribution >= 4 is 17.4 Å². The number of nitrogens with one attached hydrogen (secondary N) is 1. The number of hydrogen-bond acceptors (Lipinski definition) is 3. The topological polar surface area (TPSA) is 70.7 Å². The van der Waals surface area contributed by atoms with Gasteiger partial charge in [-0.05, 0) is 12.0 Å². The Bertz CT molecular complexity index is 510. The van der Waals surface area contributed by atoms with Crippen LogP contribution in [-0.4, -0.2) is 25.3 Å². The lowest BCUT2D eigenvalue weighted by Gasteiger charge is -2.30. The van der Waals surface area contributed by atoms with Gasteiger partial charge in [-0.3, -0.25) is 0 Å². The number of fused-ring (bicyclic) bond motifs is 1. The Labute approximate surface area is 113 Å². The maximum atomic E-state index is 10.8. The third-order valence-electron chi connectivity index (χ3n) is 3.32. The van der Waals surface area contributed by atoms with E-state index in [9.17, 15) is 4.79 Å². The quantitative estimate of drug-likeness (QED) is 0.814. The number of benzene rings is 1. The summed E-state index contributed by atoms with van der Waals surface area (Å²) in [4.78, 5) is 13.0. The van der Waals surface area contributed by atoms with E-state index in [1.807, 2.05) is 12.1 Å². The third kappa shape index (κ3) is 2.86. The number of hydrazone groups is 1. The van der Waals surface area contributed by atoms with E-state index >= 15 is 0 Å². The van der Waals surface area contributed by atoms with Gasteiger partial charge in [0.25, 0.3) is 0 Å². The highest BCUT2D eigenvalue weighted by Gasteiger charge is 2.21. The number of rotatable bonds is 3. The van der Waals surface area contributed by atoms with E-state index in [0.29, 0.717) is 0 Å². The van der Waals surface area contributed by atoms with Crippen LogP contribution in [0.15, 0.2) is 23.3 Å². The van der Waals surface area contributed by atoms with Gasteiger partial charge in [0, 0.05) is 31.3 Å². The second-order valence-electron chi connectivity index (χ2n) is 4.77. The number of carbonyl (C=O) groups is 1. The zero-order valence-electron chi connectivity index (χ0n) is 11.4. The number of hydrogen-bond donors (Lipinski definition) is 2. The van der Waals surface area contributed by atoms with Gasteiger partial charge in [-0.15, -0.1) is 0 Å². The number of nitrogens with two attached hydrogens (primary N) is 1. The van der Waals surface area contributed by atoms with Gasteiger partial charge in [-0.2, -0.15) is 5.10 Å². The molecule has 102 valence electrons. The number of amides is 2. The summed E-state index contributed by atoms with van der Waals surface area (Å²) in [6.07, 6.45) is 2.96. The minimum atomic E-state index is -0.627. The number of carbonyl (C=O) groups excluding carboxylic acids is 1. The second-order valence-corrected chi connectivity index (χ2v) is 4.77. The fourth-order valence-electron chi connectivity index (χ4n) is 2.50. The summed E-state index contributed by atoms with van der Waals surface area (Å²) in [6, 6.07) is 5.62. The van der Waals surface area contributed by atoms with Gasteiger partial charge in [-0.1, -0.05) is 31.5 Å². The number of para-hydroxylation sites is 1. The van der Waals surface area contributed by atoms with Gasteiger partial charge in [-0.25, -0.2) is 10.2 Å². The molecule has 5 heteroatoms. The SMILES string of the molecule is CCCc1cccc2c1N(C)CC/C2=N/NC(N)=O. The standard InChI is InChI=1S/C14H20N4O/c1-3-5-10-6-4-7-11-12(16-17-14(15)19)8-9-18(2)13(10)11/h4,6-7H,3,5,8-9H2,1-2H3,(H3,15,17,19)/b16-12-. The van der Waals surface area contributed by atoms with Crippen LogP contribution in [0.1, 0.15) is 30.9 Å². The lowest BCUT2D eigenvalue weighted by Crippen LogP contribution is -2.32. The molecule has 3 N–H and O–H groups in total. The van der Waals surface area contributed by atoms with E-state index < -0.39 is 6.03 Å². The molecule has 2 rings (SSSR count). The Morgan fingerprint density at radius 3 is 3.00 bits per heavy atom. The number of urea groups is 1. The van der Waals surface area contributed by atoms with Crippen LogP contribution >= 0.6 is 0 Å². The monoisotopic (exact) mass is 260 g/mol. The predicted octanol–water partition coefficient (Wildman–Crippen LogP) is 1.85. The predicted molar refractivity (Wildman–Crippen MR) is 77.6 cm³/mol. The third-order valence-corrected chi connectivity index (χ3v) is 3.32. The van der Waals surface area contributed by atoms with Crippen LogP contribution in [0.5, 0.6) is 0 Å². The zero-order valence-corrected chi connectivity index (χ0v) is 11.4. The first kappa shape index (κ1) is 13.4. The highest BCUT2D eigenvalue weighted by Crippen LogP contribution is 2.30. The molecule has 1 heterocycles. The number of nitrogens with zero attached hydrogens (tertiary/aromatic N) is 2. The van der Waals surface area contributed by atoms with Crippen molar-refractivity contribution in [2.45, 2.75) is 26.2 Å². The molecule has 0 bridgehead atoms. The van der Waals surface area contributed by atoms with Gasteiger partial charge in [0.15, 0.2) is 0 Å². The molecular formula is C14H20N4O. The van der Waals surface area contributed by atoms with Crippen LogP contribution in [-0.2, 0) is 6.42 Å². The van der Waals surface area contributed by atoms with E-state index in [0.717, 1.165) is 37.1 Å². The van der Waals surface area contributed by atoms with Crippen molar-refractivity contribution in [2.24, 2.45) is 10.8 Å². The molecule has 1 aliphatic heterocycles. The van der Waals surface area contributed by atoms with Gasteiger partial charge in [0.2, 0.25) is 0 Å². The molecule has 0 saturated heterocycles. The summed E-state index contributed by atoms with van der Waals surface area (Å²) in [7, 11) is 2.09. The van der Waals surface area contributed by atoms with E-state index in [4.69, 9.17) is 5.73 Å². The largest absolute Gasteiger partial charge is 0.373 e. The molecule has 0 atom stereocenters. The molecule has 0 radical (unpaired) electrons. The molecule has 19 heavy (non-hydrogen) atoms. The van der Waals surface area contributed by atoms with Crippen molar-refractivity contribution in [3.8, 4) is 0 Å². The highest BCUT2D eigenvalue weighted by molar-refractivity contribution is 6.07. The van der Waals surface area contributed by atoms with Crippen molar-refractivity contribution < 1.29 is 4.79 Å². The molecule has 1 aromatic rings. The van der Waals surface area contributed by atoms with E-state index in [1.165, 1.54) is 11.3 Å². The van der Waals surface area contributed by atoms with Crippen molar-refractivity contribution in [2.75, 3.05) is 18.5 Å². The summed E-state index contributed by atoms with van der Waals surface area (Å²) in [5, 5.41) is 4.13.